The monoisotopic (exact) mass is 1520 g/mol. The van der Waals surface area contributed by atoms with Crippen LogP contribution in [0.15, 0.2) is 146 Å². The first-order chi connectivity index (χ1) is 52.5. The van der Waals surface area contributed by atoms with Crippen molar-refractivity contribution in [1.29, 1.82) is 0 Å². The van der Waals surface area contributed by atoms with Crippen LogP contribution in [0.5, 0.6) is 0 Å². The summed E-state index contributed by atoms with van der Waals surface area (Å²) in [5.74, 6) is 0. The lowest BCUT2D eigenvalue weighted by molar-refractivity contribution is -0.693. The Balaban J connectivity index is 0.000000476. The molecule has 14 heteroatoms. The van der Waals surface area contributed by atoms with Gasteiger partial charge in [0.25, 0.3) is 0 Å². The molecule has 0 radical (unpaired) electrons. The molecule has 2 aromatic heterocycles. The number of hydrogen-bond acceptors (Lipinski definition) is 10. The van der Waals surface area contributed by atoms with Gasteiger partial charge in [-0.25, -0.2) is 26.0 Å². The largest absolute Gasteiger partial charge is 0.726 e. The van der Waals surface area contributed by atoms with Crippen molar-refractivity contribution >= 4 is 80.8 Å². The first-order valence-electron chi connectivity index (χ1n) is 42.4. The highest BCUT2D eigenvalue weighted by Gasteiger charge is 2.10. The van der Waals surface area contributed by atoms with E-state index in [0.29, 0.717) is 0 Å². The molecule has 108 heavy (non-hydrogen) atoms. The van der Waals surface area contributed by atoms with Crippen molar-refractivity contribution in [3.63, 3.8) is 0 Å². The maximum Gasteiger partial charge on any atom is 0.217 e. The Kier molecular flexibility index (Phi) is 56.0. The fourth-order valence-corrected chi connectivity index (χ4v) is 13.4. The van der Waals surface area contributed by atoms with Crippen LogP contribution in [0.25, 0.3) is 48.6 Å². The third kappa shape index (κ3) is 51.0. The molecule has 0 bridgehead atoms. The minimum absolute atomic E-state index is 0.0914. The van der Waals surface area contributed by atoms with Crippen molar-refractivity contribution in [3.8, 4) is 0 Å². The number of anilines is 2. The van der Waals surface area contributed by atoms with Gasteiger partial charge >= 0.3 is 0 Å². The zero-order valence-corrected chi connectivity index (χ0v) is 70.1. The van der Waals surface area contributed by atoms with E-state index in [1.807, 2.05) is 0 Å². The molecular weight excluding hydrogens is 1380 g/mol. The SMILES string of the molecule is CCCCCCCCCCCCN(CCCCCCCCCCCC)c1ccc(C=Cc2ccc(C=Cc3cc[n+](CC)cc3)cc2)cc1.CCCCCCCCCCN(CCCCCCCCCC)c1ccc(C=Cc2ccc(C=Cc3cc[n+](CC)cc3)cc2)cc1.CCOS(=O)(=O)[O-].CCOS(=O)(=O)[O-]. The van der Waals surface area contributed by atoms with E-state index in [4.69, 9.17) is 0 Å². The highest BCUT2D eigenvalue weighted by atomic mass is 32.3. The maximum atomic E-state index is 9.45. The average molecular weight is 1520 g/mol. The first kappa shape index (κ1) is 95.7. The molecule has 0 fully saturated rings. The second kappa shape index (κ2) is 63.2. The van der Waals surface area contributed by atoms with Crippen LogP contribution >= 0.6 is 0 Å². The Morgan fingerprint density at radius 1 is 0.259 bits per heavy atom. The second-order valence-electron chi connectivity index (χ2n) is 28.7. The molecule has 0 spiro atoms. The molecule has 0 amide bonds. The Labute approximate surface area is 659 Å². The number of aryl methyl sites for hydroxylation is 2. The summed E-state index contributed by atoms with van der Waals surface area (Å²) in [6.45, 7) is 22.9. The zero-order valence-electron chi connectivity index (χ0n) is 68.5. The van der Waals surface area contributed by atoms with Crippen LogP contribution in [-0.4, -0.2) is 65.3 Å². The minimum atomic E-state index is -4.42. The van der Waals surface area contributed by atoms with Gasteiger partial charge in [0.2, 0.25) is 20.8 Å². The molecule has 0 aliphatic rings. The van der Waals surface area contributed by atoms with Gasteiger partial charge in [0, 0.05) is 61.8 Å². The van der Waals surface area contributed by atoms with Crippen LogP contribution < -0.4 is 18.9 Å². The summed E-state index contributed by atoms with van der Waals surface area (Å²) in [5.41, 5.74) is 12.6. The molecule has 0 saturated heterocycles. The lowest BCUT2D eigenvalue weighted by atomic mass is 10.1. The van der Waals surface area contributed by atoms with E-state index >= 15 is 0 Å². The summed E-state index contributed by atoms with van der Waals surface area (Å²) in [4.78, 5) is 5.33. The van der Waals surface area contributed by atoms with Gasteiger partial charge in [-0.05, 0) is 122 Å². The van der Waals surface area contributed by atoms with Gasteiger partial charge < -0.3 is 18.9 Å². The predicted molar refractivity (Wildman–Crippen MR) is 462 cm³/mol. The van der Waals surface area contributed by atoms with E-state index in [1.165, 1.54) is 327 Å². The van der Waals surface area contributed by atoms with Crippen molar-refractivity contribution in [3.05, 3.63) is 191 Å². The van der Waals surface area contributed by atoms with Crippen LogP contribution in [0.3, 0.4) is 0 Å². The minimum Gasteiger partial charge on any atom is -0.726 e. The molecule has 0 aliphatic heterocycles. The molecule has 4 aromatic carbocycles. The molecule has 0 N–H and O–H groups in total. The third-order valence-electron chi connectivity index (χ3n) is 19.5. The quantitative estimate of drug-likeness (QED) is 0.0119. The summed E-state index contributed by atoms with van der Waals surface area (Å²) >= 11 is 0. The standard InChI is InChI=1S/C47H71N2.C43H63N2.2C2H6O4S/c1-4-7-9-11-13-15-17-19-21-23-39-49(40-24-22-20-18-16-14-12-10-8-5-2)47-35-33-45(34-36-47)30-29-43-25-27-44(28-26-43)31-32-46-37-41-48(6-3)42-38-46;1-4-7-9-11-13-15-17-19-35-45(36-20-18-16-14-12-10-8-5-2)43-31-29-41(30-32-43)26-25-39-21-23-40(24-22-39)27-28-42-33-37-44(6-3)38-34-42;2*1-2-6-7(3,4)5/h25-38,41-42H,4-24,39-40H2,1-3H3;21-34,37-38H,4-20,35-36H2,1-3H3;2*2H2,1H3,(H,3,4,5)/q2*+1;;/p-2. The van der Waals surface area contributed by atoms with Crippen molar-refractivity contribution in [2.24, 2.45) is 0 Å². The van der Waals surface area contributed by atoms with Gasteiger partial charge in [0.1, 0.15) is 13.1 Å². The highest BCUT2D eigenvalue weighted by Crippen LogP contribution is 2.24. The number of unbranched alkanes of at least 4 members (excludes halogenated alkanes) is 32. The molecule has 0 atom stereocenters. The average Bonchev–Trinajstić information content (AvgIpc) is 0.885. The summed E-state index contributed by atoms with van der Waals surface area (Å²) in [6, 6.07) is 44.9. The second-order valence-corrected chi connectivity index (χ2v) is 30.8. The van der Waals surface area contributed by atoms with Gasteiger partial charge in [-0.2, -0.15) is 0 Å². The van der Waals surface area contributed by atoms with Crippen LogP contribution in [0, 0.1) is 0 Å². The number of rotatable bonds is 56. The lowest BCUT2D eigenvalue weighted by Crippen LogP contribution is -2.30. The van der Waals surface area contributed by atoms with E-state index in [9.17, 15) is 25.9 Å². The molecule has 6 aromatic rings. The number of nitrogens with zero attached hydrogens (tertiary/aromatic N) is 4. The van der Waals surface area contributed by atoms with Crippen molar-refractivity contribution in [2.45, 2.75) is 300 Å². The molecule has 6 rings (SSSR count). The topological polar surface area (TPSA) is 147 Å². The van der Waals surface area contributed by atoms with E-state index in [1.54, 1.807) is 0 Å². The van der Waals surface area contributed by atoms with Gasteiger partial charge in [0.15, 0.2) is 24.8 Å². The van der Waals surface area contributed by atoms with E-state index in [0.717, 1.165) is 13.1 Å². The fourth-order valence-electron chi connectivity index (χ4n) is 12.9. The fraction of sp³-hybridized carbons (Fsp3) is 0.553. The van der Waals surface area contributed by atoms with Crippen LogP contribution in [0.4, 0.5) is 11.4 Å². The predicted octanol–water partition coefficient (Wildman–Crippen LogP) is 25.4. The van der Waals surface area contributed by atoms with E-state index < -0.39 is 20.8 Å². The van der Waals surface area contributed by atoms with E-state index in [-0.39, 0.29) is 13.2 Å². The Morgan fingerprint density at radius 3 is 0.583 bits per heavy atom. The summed E-state index contributed by atoms with van der Waals surface area (Å²) < 4.78 is 68.4. The molecule has 2 heterocycles. The van der Waals surface area contributed by atoms with Gasteiger partial charge in [-0.15, -0.1) is 0 Å². The molecule has 0 unspecified atom stereocenters. The van der Waals surface area contributed by atoms with E-state index in [2.05, 4.69) is 264 Å². The Hall–Kier alpha value is -6.52. The number of pyridine rings is 2. The summed E-state index contributed by atoms with van der Waals surface area (Å²) in [5, 5.41) is 0. The zero-order chi connectivity index (χ0) is 78.2. The smallest absolute Gasteiger partial charge is 0.217 e. The molecule has 0 aliphatic carbocycles. The lowest BCUT2D eigenvalue weighted by Gasteiger charge is -2.25. The van der Waals surface area contributed by atoms with Crippen molar-refractivity contribution in [1.82, 2.24) is 0 Å². The molecule has 0 saturated carbocycles. The number of benzene rings is 4. The first-order valence-corrected chi connectivity index (χ1v) is 45.0. The molecular formula is C94H144N4O8S2. The summed E-state index contributed by atoms with van der Waals surface area (Å²) in [7, 11) is -8.85. The van der Waals surface area contributed by atoms with Gasteiger partial charge in [-0.3, -0.25) is 8.37 Å². The highest BCUT2D eigenvalue weighted by molar-refractivity contribution is 7.81. The molecule has 12 nitrogen and oxygen atoms in total. The van der Waals surface area contributed by atoms with Crippen molar-refractivity contribution in [2.75, 3.05) is 49.2 Å². The van der Waals surface area contributed by atoms with Crippen LogP contribution in [0.2, 0.25) is 0 Å². The maximum absolute atomic E-state index is 9.45. The number of aromatic nitrogens is 2. The Bertz CT molecular complexity index is 3390. The van der Waals surface area contributed by atoms with Crippen LogP contribution in [-0.2, 0) is 42.3 Å². The Morgan fingerprint density at radius 2 is 0.426 bits per heavy atom. The van der Waals surface area contributed by atoms with Crippen LogP contribution in [0.1, 0.15) is 331 Å². The summed E-state index contributed by atoms with van der Waals surface area (Å²) in [6.07, 6.45) is 76.2. The number of hydrogen-bond donors (Lipinski definition) is 0. The normalized spacial score (nSPS) is 11.6. The van der Waals surface area contributed by atoms with Crippen molar-refractivity contribution < 1.29 is 43.4 Å². The van der Waals surface area contributed by atoms with Gasteiger partial charge in [0.05, 0.1) is 13.2 Å². The molecule has 600 valence electrons. The van der Waals surface area contributed by atoms with Gasteiger partial charge in [-0.1, -0.05) is 355 Å². The third-order valence-corrected chi connectivity index (χ3v) is 20.5.